The summed E-state index contributed by atoms with van der Waals surface area (Å²) < 4.78 is 11.4. The highest BCUT2D eigenvalue weighted by atomic mass is 32.2. The highest BCUT2D eigenvalue weighted by molar-refractivity contribution is 7.99. The highest BCUT2D eigenvalue weighted by Crippen LogP contribution is 2.34. The summed E-state index contributed by atoms with van der Waals surface area (Å²) in [7, 11) is 1.64. The maximum atomic E-state index is 11.2. The Kier molecular flexibility index (Phi) is 6.07. The first-order valence-electron chi connectivity index (χ1n) is 9.44. The van der Waals surface area contributed by atoms with Gasteiger partial charge in [-0.15, -0.1) is 10.2 Å². The normalized spacial score (nSPS) is 10.7. The molecule has 2 aromatic carbocycles. The third-order valence-electron chi connectivity index (χ3n) is 4.46. The minimum absolute atomic E-state index is 0.0544. The van der Waals surface area contributed by atoms with E-state index in [1.165, 1.54) is 18.7 Å². The number of furan rings is 1. The van der Waals surface area contributed by atoms with Crippen molar-refractivity contribution in [2.24, 2.45) is 0 Å². The smallest absolute Gasteiger partial charge is 0.197 e. The van der Waals surface area contributed by atoms with Crippen molar-refractivity contribution in [2.45, 2.75) is 12.1 Å². The molecule has 4 rings (SSSR count). The Balaban J connectivity index is 1.73. The standard InChI is InChI=1S/C23H19N3O4S/c1-14(28)13-31-23-24-22(25-26-23)20-12-17(4-3-9-27)21(30-20)18-6-5-16-11-19(29-2)8-7-15(16)10-18/h5-8,10-12,27H,9,13H2,1-2H3,(H,24,25,26). The van der Waals surface area contributed by atoms with E-state index in [4.69, 9.17) is 14.3 Å². The molecule has 2 aromatic heterocycles. The van der Waals surface area contributed by atoms with Crippen LogP contribution in [0.3, 0.4) is 0 Å². The molecule has 7 nitrogen and oxygen atoms in total. The van der Waals surface area contributed by atoms with Crippen LogP contribution < -0.4 is 4.74 Å². The van der Waals surface area contributed by atoms with Crippen LogP contribution in [0.5, 0.6) is 5.75 Å². The van der Waals surface area contributed by atoms with Gasteiger partial charge in [-0.2, -0.15) is 0 Å². The van der Waals surface area contributed by atoms with Gasteiger partial charge in [-0.05, 0) is 35.9 Å². The molecule has 0 fully saturated rings. The van der Waals surface area contributed by atoms with Gasteiger partial charge in [-0.1, -0.05) is 41.8 Å². The van der Waals surface area contributed by atoms with E-state index in [0.717, 1.165) is 22.1 Å². The van der Waals surface area contributed by atoms with E-state index >= 15 is 0 Å². The highest BCUT2D eigenvalue weighted by Gasteiger charge is 2.17. The van der Waals surface area contributed by atoms with Crippen molar-refractivity contribution >= 4 is 28.3 Å². The third-order valence-corrected chi connectivity index (χ3v) is 5.46. The second kappa shape index (κ2) is 9.08. The van der Waals surface area contributed by atoms with Crippen LogP contribution in [-0.2, 0) is 4.79 Å². The molecule has 0 aliphatic rings. The van der Waals surface area contributed by atoms with E-state index in [2.05, 4.69) is 27.0 Å². The summed E-state index contributed by atoms with van der Waals surface area (Å²) in [6, 6.07) is 13.6. The first-order valence-corrected chi connectivity index (χ1v) is 10.4. The second-order valence-electron chi connectivity index (χ2n) is 6.71. The largest absolute Gasteiger partial charge is 0.497 e. The molecule has 0 atom stereocenters. The van der Waals surface area contributed by atoms with E-state index in [1.807, 2.05) is 36.4 Å². The minimum Gasteiger partial charge on any atom is -0.497 e. The third kappa shape index (κ3) is 4.63. The van der Waals surface area contributed by atoms with Gasteiger partial charge in [-0.3, -0.25) is 4.79 Å². The van der Waals surface area contributed by atoms with Crippen molar-refractivity contribution in [3.05, 3.63) is 48.0 Å². The number of carbonyl (C=O) groups excluding carboxylic acids is 1. The number of aliphatic hydroxyl groups is 1. The van der Waals surface area contributed by atoms with Crippen molar-refractivity contribution in [3.63, 3.8) is 0 Å². The number of thioether (sulfide) groups is 1. The average Bonchev–Trinajstić information content (AvgIpc) is 3.42. The van der Waals surface area contributed by atoms with E-state index in [-0.39, 0.29) is 12.4 Å². The quantitative estimate of drug-likeness (QED) is 0.351. The summed E-state index contributed by atoms with van der Waals surface area (Å²) in [5, 5.41) is 19.9. The van der Waals surface area contributed by atoms with Gasteiger partial charge < -0.3 is 19.2 Å². The number of methoxy groups -OCH3 is 1. The Labute approximate surface area is 182 Å². The molecule has 0 unspecified atom stereocenters. The maximum absolute atomic E-state index is 11.2. The molecule has 0 aliphatic heterocycles. The summed E-state index contributed by atoms with van der Waals surface area (Å²) in [5.74, 6) is 8.25. The first kappa shape index (κ1) is 20.7. The van der Waals surface area contributed by atoms with Crippen LogP contribution in [-0.4, -0.2) is 45.5 Å². The molecule has 2 N–H and O–H groups in total. The summed E-state index contributed by atoms with van der Waals surface area (Å²) in [6.07, 6.45) is 0. The van der Waals surface area contributed by atoms with Crippen LogP contribution >= 0.6 is 11.8 Å². The number of ketones is 1. The lowest BCUT2D eigenvalue weighted by Gasteiger charge is -2.05. The molecule has 0 aliphatic carbocycles. The number of benzene rings is 2. The van der Waals surface area contributed by atoms with Gasteiger partial charge in [0.2, 0.25) is 0 Å². The molecule has 0 spiro atoms. The van der Waals surface area contributed by atoms with Gasteiger partial charge in [0.25, 0.3) is 0 Å². The van der Waals surface area contributed by atoms with E-state index < -0.39 is 0 Å². The number of fused-ring (bicyclic) bond motifs is 1. The fourth-order valence-corrected chi connectivity index (χ4v) is 3.64. The number of hydrogen-bond acceptors (Lipinski definition) is 7. The van der Waals surface area contributed by atoms with Crippen molar-refractivity contribution in [3.8, 4) is 40.5 Å². The number of rotatable bonds is 6. The van der Waals surface area contributed by atoms with Crippen LogP contribution in [0, 0.1) is 11.8 Å². The van der Waals surface area contributed by atoms with Crippen LogP contribution in [0.25, 0.3) is 33.7 Å². The maximum Gasteiger partial charge on any atom is 0.197 e. The number of aromatic amines is 1. The summed E-state index contributed by atoms with van der Waals surface area (Å²) in [5.41, 5.74) is 1.48. The average molecular weight is 433 g/mol. The van der Waals surface area contributed by atoms with E-state index in [0.29, 0.717) is 33.8 Å². The topological polar surface area (TPSA) is 101 Å². The Morgan fingerprint density at radius 2 is 2.00 bits per heavy atom. The fraction of sp³-hybridized carbons (Fsp3) is 0.174. The molecule has 0 amide bonds. The number of H-pyrrole nitrogens is 1. The second-order valence-corrected chi connectivity index (χ2v) is 7.67. The van der Waals surface area contributed by atoms with Gasteiger partial charge >= 0.3 is 0 Å². The van der Waals surface area contributed by atoms with Crippen molar-refractivity contribution in [1.82, 2.24) is 15.2 Å². The molecule has 0 radical (unpaired) electrons. The number of aliphatic hydroxyl groups excluding tert-OH is 1. The Bertz CT molecular complexity index is 1310. The molecule has 0 saturated heterocycles. The predicted molar refractivity (Wildman–Crippen MR) is 119 cm³/mol. The molecule has 2 heterocycles. The Morgan fingerprint density at radius 3 is 2.77 bits per heavy atom. The van der Waals surface area contributed by atoms with Crippen LogP contribution in [0.15, 0.2) is 52.0 Å². The minimum atomic E-state index is -0.258. The summed E-state index contributed by atoms with van der Waals surface area (Å²) in [6.45, 7) is 1.26. The van der Waals surface area contributed by atoms with Crippen LogP contribution in [0.2, 0.25) is 0 Å². The van der Waals surface area contributed by atoms with Crippen molar-refractivity contribution in [1.29, 1.82) is 0 Å². The Morgan fingerprint density at radius 1 is 1.19 bits per heavy atom. The number of aromatic nitrogens is 3. The molecular weight excluding hydrogens is 414 g/mol. The SMILES string of the molecule is COc1ccc2cc(-c3oc(-c4nnc(SCC(C)=O)[nH]4)cc3C#CCO)ccc2c1. The summed E-state index contributed by atoms with van der Waals surface area (Å²) in [4.78, 5) is 14.2. The molecule has 0 saturated carbocycles. The molecule has 156 valence electrons. The lowest BCUT2D eigenvalue weighted by atomic mass is 10.0. The van der Waals surface area contributed by atoms with Crippen molar-refractivity contribution < 1.29 is 19.1 Å². The monoisotopic (exact) mass is 433 g/mol. The predicted octanol–water partition coefficient (Wildman–Crippen LogP) is 3.92. The van der Waals surface area contributed by atoms with Gasteiger partial charge in [0.15, 0.2) is 22.5 Å². The number of Topliss-reactive ketones (excluding diaryl/α,β-unsaturated/α-hetero) is 1. The number of nitrogens with one attached hydrogen (secondary N) is 1. The first-order chi connectivity index (χ1) is 15.1. The van der Waals surface area contributed by atoms with E-state index in [1.54, 1.807) is 13.2 Å². The zero-order valence-corrected chi connectivity index (χ0v) is 17.7. The number of nitrogens with zero attached hydrogens (tertiary/aromatic N) is 2. The number of ether oxygens (including phenoxy) is 1. The van der Waals surface area contributed by atoms with Gasteiger partial charge in [0.05, 0.1) is 18.4 Å². The van der Waals surface area contributed by atoms with Crippen molar-refractivity contribution in [2.75, 3.05) is 19.5 Å². The van der Waals surface area contributed by atoms with Crippen LogP contribution in [0.4, 0.5) is 0 Å². The zero-order valence-electron chi connectivity index (χ0n) is 16.9. The summed E-state index contributed by atoms with van der Waals surface area (Å²) >= 11 is 1.28. The lowest BCUT2D eigenvalue weighted by Crippen LogP contribution is -1.93. The van der Waals surface area contributed by atoms with Crippen LogP contribution in [0.1, 0.15) is 12.5 Å². The molecule has 0 bridgehead atoms. The zero-order chi connectivity index (χ0) is 21.8. The van der Waals surface area contributed by atoms with Gasteiger partial charge in [-0.25, -0.2) is 0 Å². The molecule has 4 aromatic rings. The number of hydrogen-bond donors (Lipinski definition) is 2. The Hall–Kier alpha value is -3.54. The molecular formula is C23H19N3O4S. The lowest BCUT2D eigenvalue weighted by molar-refractivity contribution is -0.114. The number of carbonyl (C=O) groups is 1. The molecule has 8 heteroatoms. The fourth-order valence-electron chi connectivity index (χ4n) is 3.03. The molecule has 31 heavy (non-hydrogen) atoms. The van der Waals surface area contributed by atoms with E-state index in [9.17, 15) is 4.79 Å². The van der Waals surface area contributed by atoms with Gasteiger partial charge in [0.1, 0.15) is 18.1 Å². The van der Waals surface area contributed by atoms with Gasteiger partial charge in [0, 0.05) is 11.6 Å².